The van der Waals surface area contributed by atoms with Crippen molar-refractivity contribution in [2.75, 3.05) is 0 Å². The lowest BCUT2D eigenvalue weighted by molar-refractivity contribution is 0.183. The Morgan fingerprint density at radius 3 is 2.16 bits per heavy atom. The third-order valence-corrected chi connectivity index (χ3v) is 6.21. The van der Waals surface area contributed by atoms with E-state index in [0.717, 1.165) is 16.5 Å². The van der Waals surface area contributed by atoms with Crippen molar-refractivity contribution in [3.63, 3.8) is 0 Å². The summed E-state index contributed by atoms with van der Waals surface area (Å²) in [4.78, 5) is 12.8. The van der Waals surface area contributed by atoms with Crippen LogP contribution in [0.25, 0.3) is 16.5 Å². The first kappa shape index (κ1) is 18.0. The molecular formula is C28H20O3. The van der Waals surface area contributed by atoms with Gasteiger partial charge in [0.1, 0.15) is 17.4 Å². The maximum Gasteiger partial charge on any atom is 0.343 e. The Morgan fingerprint density at radius 2 is 1.45 bits per heavy atom. The molecule has 4 aromatic rings. The highest BCUT2D eigenvalue weighted by molar-refractivity contribution is 5.86. The van der Waals surface area contributed by atoms with Gasteiger partial charge in [0.25, 0.3) is 0 Å². The lowest BCUT2D eigenvalue weighted by Crippen LogP contribution is -2.32. The summed E-state index contributed by atoms with van der Waals surface area (Å²) in [6.07, 6.45) is 4.78. The lowest BCUT2D eigenvalue weighted by Gasteiger charge is -2.30. The number of rotatable bonds is 2. The number of hydrogen-bond donors (Lipinski definition) is 0. The summed E-state index contributed by atoms with van der Waals surface area (Å²) in [6, 6.07) is 28.4. The molecular weight excluding hydrogens is 384 g/mol. The molecule has 0 radical (unpaired) electrons. The summed E-state index contributed by atoms with van der Waals surface area (Å²) in [5, 5.41) is 0.854. The maximum absolute atomic E-state index is 12.8. The van der Waals surface area contributed by atoms with E-state index >= 15 is 0 Å². The Hall–Kier alpha value is -3.85. The van der Waals surface area contributed by atoms with Crippen molar-refractivity contribution in [2.45, 2.75) is 12.5 Å². The SMILES string of the molecule is O=c1oc2ccccc2c2c1C[C@@H]1C(=C(c3ccccc3)c3ccccc3)C=C[C@@H]1O2. The Morgan fingerprint density at radius 1 is 0.806 bits per heavy atom. The molecule has 1 aliphatic heterocycles. The van der Waals surface area contributed by atoms with Crippen LogP contribution >= 0.6 is 0 Å². The third kappa shape index (κ3) is 2.93. The van der Waals surface area contributed by atoms with E-state index in [2.05, 4.69) is 60.7 Å². The van der Waals surface area contributed by atoms with Crippen molar-refractivity contribution < 1.29 is 9.15 Å². The van der Waals surface area contributed by atoms with E-state index < -0.39 is 0 Å². The Kier molecular flexibility index (Phi) is 4.13. The molecule has 2 heterocycles. The summed E-state index contributed by atoms with van der Waals surface area (Å²) >= 11 is 0. The van der Waals surface area contributed by atoms with Crippen LogP contribution in [0.1, 0.15) is 16.7 Å². The molecule has 6 rings (SSSR count). The van der Waals surface area contributed by atoms with E-state index in [1.165, 1.54) is 11.1 Å². The van der Waals surface area contributed by atoms with Crippen LogP contribution < -0.4 is 10.4 Å². The van der Waals surface area contributed by atoms with Crippen LogP contribution in [0.15, 0.2) is 112 Å². The standard InChI is InChI=1S/C28H20O3/c29-28-23-17-22-20(26(18-9-3-1-4-10-18)19-11-5-2-6-12-19)15-16-25(22)30-27(23)21-13-7-8-14-24(21)31-28/h1-16,22,25H,17H2/t22-,25+/m1/s1. The fourth-order valence-electron chi connectivity index (χ4n) is 4.79. The van der Waals surface area contributed by atoms with Gasteiger partial charge in [-0.25, -0.2) is 4.79 Å². The van der Waals surface area contributed by atoms with Crippen LogP contribution in [0, 0.1) is 5.92 Å². The molecule has 0 spiro atoms. The molecule has 31 heavy (non-hydrogen) atoms. The first-order valence-corrected chi connectivity index (χ1v) is 10.5. The van der Waals surface area contributed by atoms with Crippen molar-refractivity contribution in [1.82, 2.24) is 0 Å². The normalized spacial score (nSPS) is 19.0. The Labute approximate surface area is 179 Å². The molecule has 0 saturated heterocycles. The molecule has 0 bridgehead atoms. The number of para-hydroxylation sites is 1. The summed E-state index contributed by atoms with van der Waals surface area (Å²) in [6.45, 7) is 0. The van der Waals surface area contributed by atoms with Crippen LogP contribution in [0.3, 0.4) is 0 Å². The highest BCUT2D eigenvalue weighted by atomic mass is 16.5. The van der Waals surface area contributed by atoms with Gasteiger partial charge in [-0.2, -0.15) is 0 Å². The number of benzene rings is 3. The summed E-state index contributed by atoms with van der Waals surface area (Å²) < 4.78 is 12.0. The smallest absolute Gasteiger partial charge is 0.343 e. The fourth-order valence-corrected chi connectivity index (χ4v) is 4.79. The Balaban J connectivity index is 1.53. The maximum atomic E-state index is 12.8. The average molecular weight is 404 g/mol. The van der Waals surface area contributed by atoms with E-state index in [4.69, 9.17) is 9.15 Å². The van der Waals surface area contributed by atoms with Crippen molar-refractivity contribution in [3.8, 4) is 5.75 Å². The molecule has 1 aromatic heterocycles. The largest absolute Gasteiger partial charge is 0.484 e. The average Bonchev–Trinajstić information content (AvgIpc) is 3.22. The topological polar surface area (TPSA) is 39.4 Å². The molecule has 0 saturated carbocycles. The van der Waals surface area contributed by atoms with Crippen molar-refractivity contribution >= 4 is 16.5 Å². The van der Waals surface area contributed by atoms with Gasteiger partial charge in [-0.3, -0.25) is 0 Å². The molecule has 0 amide bonds. The first-order chi connectivity index (χ1) is 15.3. The minimum absolute atomic E-state index is 0.0620. The second-order valence-electron chi connectivity index (χ2n) is 8.01. The predicted octanol–water partition coefficient (Wildman–Crippen LogP) is 5.78. The summed E-state index contributed by atoms with van der Waals surface area (Å²) in [5.74, 6) is 0.729. The van der Waals surface area contributed by atoms with Gasteiger partial charge in [0.15, 0.2) is 0 Å². The zero-order chi connectivity index (χ0) is 20.8. The second-order valence-corrected chi connectivity index (χ2v) is 8.01. The molecule has 3 nitrogen and oxygen atoms in total. The van der Waals surface area contributed by atoms with Crippen LogP contribution in [-0.4, -0.2) is 6.10 Å². The predicted molar refractivity (Wildman–Crippen MR) is 122 cm³/mol. The van der Waals surface area contributed by atoms with Gasteiger partial charge in [-0.15, -0.1) is 0 Å². The zero-order valence-corrected chi connectivity index (χ0v) is 16.8. The Bertz CT molecular complexity index is 1350. The van der Waals surface area contributed by atoms with Gasteiger partial charge < -0.3 is 9.15 Å². The first-order valence-electron chi connectivity index (χ1n) is 10.5. The zero-order valence-electron chi connectivity index (χ0n) is 16.8. The number of fused-ring (bicyclic) bond motifs is 4. The summed E-state index contributed by atoms with van der Waals surface area (Å²) in [7, 11) is 0. The number of ether oxygens (including phenoxy) is 1. The van der Waals surface area contributed by atoms with Gasteiger partial charge in [-0.1, -0.05) is 78.9 Å². The molecule has 0 N–H and O–H groups in total. The molecule has 0 unspecified atom stereocenters. The molecule has 2 atom stereocenters. The van der Waals surface area contributed by atoms with E-state index in [1.54, 1.807) is 0 Å². The lowest BCUT2D eigenvalue weighted by atomic mass is 9.83. The highest BCUT2D eigenvalue weighted by Crippen LogP contribution is 2.44. The van der Waals surface area contributed by atoms with Crippen LogP contribution in [0.2, 0.25) is 0 Å². The fraction of sp³-hybridized carbons (Fsp3) is 0.107. The van der Waals surface area contributed by atoms with Crippen LogP contribution in [0.5, 0.6) is 5.75 Å². The molecule has 3 heteroatoms. The van der Waals surface area contributed by atoms with Gasteiger partial charge in [0.05, 0.1) is 10.9 Å². The minimum atomic E-state index is -0.306. The van der Waals surface area contributed by atoms with Gasteiger partial charge in [0.2, 0.25) is 0 Å². The molecule has 0 fully saturated rings. The highest BCUT2D eigenvalue weighted by Gasteiger charge is 2.38. The van der Waals surface area contributed by atoms with Crippen molar-refractivity contribution in [2.24, 2.45) is 5.92 Å². The van der Waals surface area contributed by atoms with Crippen molar-refractivity contribution in [3.05, 3.63) is 130 Å². The molecule has 2 aliphatic rings. The van der Waals surface area contributed by atoms with E-state index in [0.29, 0.717) is 23.3 Å². The quantitative estimate of drug-likeness (QED) is 0.397. The van der Waals surface area contributed by atoms with Gasteiger partial charge >= 0.3 is 5.63 Å². The number of allylic oxidation sites excluding steroid dienone is 1. The summed E-state index contributed by atoms with van der Waals surface area (Å²) in [5.41, 5.74) is 5.58. The number of hydrogen-bond acceptors (Lipinski definition) is 3. The monoisotopic (exact) mass is 404 g/mol. The molecule has 1 aliphatic carbocycles. The van der Waals surface area contributed by atoms with Gasteiger partial charge in [-0.05, 0) is 46.9 Å². The third-order valence-electron chi connectivity index (χ3n) is 6.21. The second kappa shape index (κ2) is 7.13. The molecule has 3 aromatic carbocycles. The van der Waals surface area contributed by atoms with E-state index in [9.17, 15) is 4.79 Å². The van der Waals surface area contributed by atoms with Crippen LogP contribution in [0.4, 0.5) is 0 Å². The van der Waals surface area contributed by atoms with E-state index in [1.807, 2.05) is 36.4 Å². The molecule has 150 valence electrons. The van der Waals surface area contributed by atoms with Gasteiger partial charge in [0, 0.05) is 5.92 Å². The minimum Gasteiger partial charge on any atom is -0.484 e. The van der Waals surface area contributed by atoms with Crippen LogP contribution in [-0.2, 0) is 6.42 Å². The van der Waals surface area contributed by atoms with Crippen molar-refractivity contribution in [1.29, 1.82) is 0 Å². The van der Waals surface area contributed by atoms with E-state index in [-0.39, 0.29) is 17.6 Å².